The lowest BCUT2D eigenvalue weighted by atomic mass is 10.1. The summed E-state index contributed by atoms with van der Waals surface area (Å²) < 4.78 is 0. The number of amides is 1. The molecule has 142 valence electrons. The van der Waals surface area contributed by atoms with Crippen molar-refractivity contribution in [1.82, 2.24) is 0 Å². The van der Waals surface area contributed by atoms with Gasteiger partial charge in [0.25, 0.3) is 5.91 Å². The third-order valence-electron chi connectivity index (χ3n) is 3.99. The zero-order chi connectivity index (χ0) is 20.6. The van der Waals surface area contributed by atoms with Crippen molar-refractivity contribution in [2.75, 3.05) is 5.01 Å². The number of halogens is 1. The molecule has 0 fully saturated rings. The SMILES string of the molecule is CC1=NN(c2ccc(Cl)c(C(=O)O)c2)C(=O)/C1=C\c1ccc(O)c([N+](=O)[O-])c1. The molecule has 1 aliphatic rings. The molecule has 1 aliphatic heterocycles. The number of hydrogen-bond acceptors (Lipinski definition) is 6. The minimum atomic E-state index is -1.24. The number of phenolic OH excluding ortho intramolecular Hbond substituents is 1. The van der Waals surface area contributed by atoms with Crippen LogP contribution in [0.15, 0.2) is 47.1 Å². The van der Waals surface area contributed by atoms with E-state index in [0.717, 1.165) is 17.1 Å². The van der Waals surface area contributed by atoms with Crippen molar-refractivity contribution in [2.24, 2.45) is 5.10 Å². The van der Waals surface area contributed by atoms with Crippen molar-refractivity contribution in [1.29, 1.82) is 0 Å². The Labute approximate surface area is 162 Å². The molecule has 2 N–H and O–H groups in total. The number of hydrazone groups is 1. The van der Waals surface area contributed by atoms with Crippen LogP contribution in [0.25, 0.3) is 6.08 Å². The van der Waals surface area contributed by atoms with Gasteiger partial charge in [-0.2, -0.15) is 10.1 Å². The van der Waals surface area contributed by atoms with Crippen molar-refractivity contribution in [3.05, 3.63) is 68.2 Å². The van der Waals surface area contributed by atoms with Crippen LogP contribution in [0, 0.1) is 10.1 Å². The molecular formula is C18H12ClN3O6. The lowest BCUT2D eigenvalue weighted by Gasteiger charge is -2.13. The molecule has 10 heteroatoms. The number of carbonyl (C=O) groups excluding carboxylic acids is 1. The number of carboxylic acids is 1. The summed E-state index contributed by atoms with van der Waals surface area (Å²) in [6.07, 6.45) is 1.40. The topological polar surface area (TPSA) is 133 Å². The third-order valence-corrected chi connectivity index (χ3v) is 4.32. The number of benzene rings is 2. The average molecular weight is 402 g/mol. The molecule has 2 aromatic rings. The molecule has 0 bridgehead atoms. The molecule has 3 rings (SSSR count). The third kappa shape index (κ3) is 3.42. The Hall–Kier alpha value is -3.72. The number of hydrogen-bond donors (Lipinski definition) is 2. The number of aromatic carboxylic acids is 1. The quantitative estimate of drug-likeness (QED) is 0.457. The first-order valence-electron chi connectivity index (χ1n) is 7.81. The molecular weight excluding hydrogens is 390 g/mol. The molecule has 28 heavy (non-hydrogen) atoms. The normalized spacial score (nSPS) is 15.1. The Bertz CT molecular complexity index is 1090. The summed E-state index contributed by atoms with van der Waals surface area (Å²) in [7, 11) is 0. The van der Waals surface area contributed by atoms with E-state index in [2.05, 4.69) is 5.10 Å². The van der Waals surface area contributed by atoms with E-state index in [0.29, 0.717) is 11.3 Å². The van der Waals surface area contributed by atoms with Gasteiger partial charge in [0.2, 0.25) is 0 Å². The van der Waals surface area contributed by atoms with Gasteiger partial charge in [-0.05, 0) is 42.8 Å². The van der Waals surface area contributed by atoms with Gasteiger partial charge in [0.05, 0.1) is 32.5 Å². The van der Waals surface area contributed by atoms with E-state index in [9.17, 15) is 29.9 Å². The number of rotatable bonds is 4. The molecule has 0 unspecified atom stereocenters. The Morgan fingerprint density at radius 2 is 2.00 bits per heavy atom. The molecule has 1 amide bonds. The minimum Gasteiger partial charge on any atom is -0.502 e. The van der Waals surface area contributed by atoms with Crippen LogP contribution in [0.5, 0.6) is 5.75 Å². The number of nitro benzene ring substituents is 1. The highest BCUT2D eigenvalue weighted by molar-refractivity contribution is 6.34. The molecule has 0 aromatic heterocycles. The highest BCUT2D eigenvalue weighted by atomic mass is 35.5. The van der Waals surface area contributed by atoms with Gasteiger partial charge in [-0.15, -0.1) is 0 Å². The van der Waals surface area contributed by atoms with Crippen molar-refractivity contribution in [3.63, 3.8) is 0 Å². The van der Waals surface area contributed by atoms with Crippen LogP contribution in [0.2, 0.25) is 5.02 Å². The van der Waals surface area contributed by atoms with E-state index in [1.165, 1.54) is 30.3 Å². The molecule has 1 heterocycles. The molecule has 0 aliphatic carbocycles. The number of nitrogens with zero attached hydrogens (tertiary/aromatic N) is 3. The van der Waals surface area contributed by atoms with Crippen LogP contribution < -0.4 is 5.01 Å². The van der Waals surface area contributed by atoms with Gasteiger partial charge >= 0.3 is 11.7 Å². The Morgan fingerprint density at radius 1 is 1.29 bits per heavy atom. The maximum atomic E-state index is 12.8. The Kier molecular flexibility index (Phi) is 4.85. The van der Waals surface area contributed by atoms with E-state index >= 15 is 0 Å². The first-order valence-corrected chi connectivity index (χ1v) is 8.19. The second kappa shape index (κ2) is 7.12. The number of anilines is 1. The van der Waals surface area contributed by atoms with Crippen molar-refractivity contribution in [2.45, 2.75) is 6.92 Å². The van der Waals surface area contributed by atoms with E-state index in [1.807, 2.05) is 0 Å². The fraction of sp³-hybridized carbons (Fsp3) is 0.0556. The number of nitro groups is 1. The number of carbonyl (C=O) groups is 2. The van der Waals surface area contributed by atoms with Gasteiger partial charge in [-0.1, -0.05) is 17.7 Å². The van der Waals surface area contributed by atoms with Crippen LogP contribution >= 0.6 is 11.6 Å². The molecule has 0 spiro atoms. The molecule has 0 saturated carbocycles. The van der Waals surface area contributed by atoms with Crippen LogP contribution in [-0.2, 0) is 4.79 Å². The van der Waals surface area contributed by atoms with Gasteiger partial charge in [0.15, 0.2) is 5.75 Å². The van der Waals surface area contributed by atoms with Gasteiger partial charge in [0, 0.05) is 6.07 Å². The Balaban J connectivity index is 1.99. The van der Waals surface area contributed by atoms with E-state index in [-0.39, 0.29) is 21.8 Å². The second-order valence-corrected chi connectivity index (χ2v) is 6.24. The van der Waals surface area contributed by atoms with Crippen molar-refractivity contribution < 1.29 is 24.7 Å². The summed E-state index contributed by atoms with van der Waals surface area (Å²) in [6, 6.07) is 7.75. The standard InChI is InChI=1S/C18H12ClN3O6/c1-9-12(6-10-2-5-16(23)15(7-10)22(27)28)17(24)21(20-9)11-3-4-14(19)13(8-11)18(25)26/h2-8,23H,1H3,(H,25,26)/b12-6-. The van der Waals surface area contributed by atoms with E-state index < -0.39 is 28.2 Å². The molecule has 0 radical (unpaired) electrons. The van der Waals surface area contributed by atoms with Gasteiger partial charge in [0.1, 0.15) is 0 Å². The van der Waals surface area contributed by atoms with Crippen molar-refractivity contribution >= 4 is 46.6 Å². The highest BCUT2D eigenvalue weighted by Gasteiger charge is 2.29. The Morgan fingerprint density at radius 3 is 2.64 bits per heavy atom. The fourth-order valence-electron chi connectivity index (χ4n) is 2.61. The molecule has 0 atom stereocenters. The maximum absolute atomic E-state index is 12.8. The lowest BCUT2D eigenvalue weighted by molar-refractivity contribution is -0.385. The first kappa shape index (κ1) is 19.1. The zero-order valence-electron chi connectivity index (χ0n) is 14.3. The van der Waals surface area contributed by atoms with Crippen molar-refractivity contribution in [3.8, 4) is 5.75 Å². The number of aromatic hydroxyl groups is 1. The monoisotopic (exact) mass is 401 g/mol. The average Bonchev–Trinajstić information content (AvgIpc) is 2.91. The number of carboxylic acid groups (broad SMARTS) is 1. The highest BCUT2D eigenvalue weighted by Crippen LogP contribution is 2.31. The summed E-state index contributed by atoms with van der Waals surface area (Å²) >= 11 is 5.85. The number of phenols is 1. The van der Waals surface area contributed by atoms with Crippen LogP contribution in [-0.4, -0.2) is 32.7 Å². The predicted octanol–water partition coefficient (Wildman–Crippen LogP) is 3.46. The predicted molar refractivity (Wildman–Crippen MR) is 102 cm³/mol. The lowest BCUT2D eigenvalue weighted by Crippen LogP contribution is -2.21. The maximum Gasteiger partial charge on any atom is 0.337 e. The summed E-state index contributed by atoms with van der Waals surface area (Å²) in [4.78, 5) is 34.2. The molecule has 9 nitrogen and oxygen atoms in total. The summed E-state index contributed by atoms with van der Waals surface area (Å²) in [5.41, 5.74) is 0.388. The van der Waals surface area contributed by atoms with Gasteiger partial charge in [-0.25, -0.2) is 4.79 Å². The zero-order valence-corrected chi connectivity index (χ0v) is 15.0. The van der Waals surface area contributed by atoms with Gasteiger partial charge in [-0.3, -0.25) is 14.9 Å². The summed E-state index contributed by atoms with van der Waals surface area (Å²) in [6.45, 7) is 1.58. The summed E-state index contributed by atoms with van der Waals surface area (Å²) in [5, 5.41) is 34.9. The minimum absolute atomic E-state index is 0.0239. The molecule has 2 aromatic carbocycles. The van der Waals surface area contributed by atoms with Crippen LogP contribution in [0.1, 0.15) is 22.8 Å². The smallest absolute Gasteiger partial charge is 0.337 e. The van der Waals surface area contributed by atoms with Gasteiger partial charge < -0.3 is 10.2 Å². The van der Waals surface area contributed by atoms with E-state index in [1.54, 1.807) is 6.92 Å². The largest absolute Gasteiger partial charge is 0.502 e. The van der Waals surface area contributed by atoms with Crippen LogP contribution in [0.3, 0.4) is 0 Å². The second-order valence-electron chi connectivity index (χ2n) is 5.83. The fourth-order valence-corrected chi connectivity index (χ4v) is 2.81. The van der Waals surface area contributed by atoms with Crippen LogP contribution in [0.4, 0.5) is 11.4 Å². The first-order chi connectivity index (χ1) is 13.2. The van der Waals surface area contributed by atoms with E-state index in [4.69, 9.17) is 11.6 Å². The molecule has 0 saturated heterocycles. The summed E-state index contributed by atoms with van der Waals surface area (Å²) in [5.74, 6) is -2.27.